The number of nitrogens with zero attached hydrogens (tertiary/aromatic N) is 3. The van der Waals surface area contributed by atoms with Gasteiger partial charge in [-0.25, -0.2) is 5.43 Å². The minimum atomic E-state index is -0.0936. The summed E-state index contributed by atoms with van der Waals surface area (Å²) >= 11 is 3.59. The van der Waals surface area contributed by atoms with Gasteiger partial charge in [-0.05, 0) is 42.5 Å². The van der Waals surface area contributed by atoms with Crippen LogP contribution in [0.3, 0.4) is 0 Å². The zero-order chi connectivity index (χ0) is 15.4. The Labute approximate surface area is 134 Å². The van der Waals surface area contributed by atoms with E-state index in [1.165, 1.54) is 5.56 Å². The fraction of sp³-hybridized carbons (Fsp3) is 0.400. The quantitative estimate of drug-likeness (QED) is 0.617. The smallest absolute Gasteiger partial charge is 0.0889 e. The first-order valence-electron chi connectivity index (χ1n) is 6.91. The van der Waals surface area contributed by atoms with Crippen LogP contribution in [0.25, 0.3) is 0 Å². The predicted octanol–water partition coefficient (Wildman–Crippen LogP) is 2.07. The van der Waals surface area contributed by atoms with Crippen LogP contribution in [-0.2, 0) is 6.54 Å². The van der Waals surface area contributed by atoms with Gasteiger partial charge in [0.05, 0.1) is 29.0 Å². The van der Waals surface area contributed by atoms with Crippen LogP contribution in [0.4, 0.5) is 0 Å². The normalized spacial score (nSPS) is 12.9. The Bertz CT molecular complexity index is 593. The van der Waals surface area contributed by atoms with E-state index in [0.717, 1.165) is 28.8 Å². The van der Waals surface area contributed by atoms with Crippen LogP contribution in [0, 0.1) is 6.92 Å². The van der Waals surface area contributed by atoms with Crippen molar-refractivity contribution in [3.63, 3.8) is 0 Å². The van der Waals surface area contributed by atoms with E-state index < -0.39 is 0 Å². The third kappa shape index (κ3) is 3.91. The SMILES string of the molecule is Cc1cccc(C(NN)c2c(Br)cnn2CCN(C)C)c1. The molecule has 6 heteroatoms. The summed E-state index contributed by atoms with van der Waals surface area (Å²) in [5.41, 5.74) is 6.30. The number of aryl methyl sites for hydroxylation is 1. The fourth-order valence-electron chi connectivity index (χ4n) is 2.31. The van der Waals surface area contributed by atoms with Gasteiger partial charge in [0.1, 0.15) is 0 Å². The summed E-state index contributed by atoms with van der Waals surface area (Å²) in [6.07, 6.45) is 1.82. The first-order valence-corrected chi connectivity index (χ1v) is 7.71. The lowest BCUT2D eigenvalue weighted by molar-refractivity contribution is 0.365. The number of hydrogen-bond donors (Lipinski definition) is 2. The number of aromatic nitrogens is 2. The van der Waals surface area contributed by atoms with Crippen molar-refractivity contribution in [3.8, 4) is 0 Å². The van der Waals surface area contributed by atoms with Gasteiger partial charge in [-0.1, -0.05) is 29.8 Å². The van der Waals surface area contributed by atoms with Crippen LogP contribution >= 0.6 is 15.9 Å². The Hall–Kier alpha value is -1.21. The van der Waals surface area contributed by atoms with Crippen molar-refractivity contribution < 1.29 is 0 Å². The number of hydrogen-bond acceptors (Lipinski definition) is 4. The van der Waals surface area contributed by atoms with Crippen molar-refractivity contribution >= 4 is 15.9 Å². The molecule has 0 saturated carbocycles. The highest BCUT2D eigenvalue weighted by Gasteiger charge is 2.21. The van der Waals surface area contributed by atoms with E-state index in [-0.39, 0.29) is 6.04 Å². The van der Waals surface area contributed by atoms with Gasteiger partial charge in [-0.2, -0.15) is 5.10 Å². The molecule has 0 aliphatic rings. The lowest BCUT2D eigenvalue weighted by atomic mass is 10.0. The summed E-state index contributed by atoms with van der Waals surface area (Å²) in [6.45, 7) is 3.82. The molecule has 0 spiro atoms. The molecule has 0 saturated heterocycles. The Morgan fingerprint density at radius 3 is 2.81 bits per heavy atom. The second kappa shape index (κ2) is 7.17. The van der Waals surface area contributed by atoms with E-state index in [0.29, 0.717) is 0 Å². The molecule has 0 bridgehead atoms. The molecule has 114 valence electrons. The highest BCUT2D eigenvalue weighted by molar-refractivity contribution is 9.10. The number of nitrogens with two attached hydrogens (primary N) is 1. The zero-order valence-electron chi connectivity index (χ0n) is 12.7. The highest BCUT2D eigenvalue weighted by atomic mass is 79.9. The van der Waals surface area contributed by atoms with Crippen LogP contribution in [0.1, 0.15) is 22.9 Å². The fourth-order valence-corrected chi connectivity index (χ4v) is 2.84. The first-order chi connectivity index (χ1) is 10.0. The molecule has 0 aliphatic heterocycles. The van der Waals surface area contributed by atoms with Gasteiger partial charge >= 0.3 is 0 Å². The first kappa shape index (κ1) is 16.2. The molecule has 5 nitrogen and oxygen atoms in total. The standard InChI is InChI=1S/C15H22BrN5/c1-11-5-4-6-12(9-11)14(19-17)15-13(16)10-18-21(15)8-7-20(2)3/h4-6,9-10,14,19H,7-8,17H2,1-3H3. The molecule has 2 aromatic rings. The van der Waals surface area contributed by atoms with Gasteiger partial charge in [-0.3, -0.25) is 10.5 Å². The van der Waals surface area contributed by atoms with Crippen LogP contribution in [0.2, 0.25) is 0 Å². The predicted molar refractivity (Wildman–Crippen MR) is 88.8 cm³/mol. The van der Waals surface area contributed by atoms with Gasteiger partial charge < -0.3 is 4.90 Å². The van der Waals surface area contributed by atoms with Gasteiger partial charge in [0.15, 0.2) is 0 Å². The number of likely N-dealkylation sites (N-methyl/N-ethyl adjacent to an activating group) is 1. The van der Waals surface area contributed by atoms with Gasteiger partial charge in [0.2, 0.25) is 0 Å². The van der Waals surface area contributed by atoms with Gasteiger partial charge in [-0.15, -0.1) is 0 Å². The maximum absolute atomic E-state index is 5.82. The van der Waals surface area contributed by atoms with Gasteiger partial charge in [0, 0.05) is 6.54 Å². The molecule has 0 amide bonds. The minimum Gasteiger partial charge on any atom is -0.308 e. The summed E-state index contributed by atoms with van der Waals surface area (Å²) in [5, 5.41) is 4.45. The monoisotopic (exact) mass is 351 g/mol. The summed E-state index contributed by atoms with van der Waals surface area (Å²) < 4.78 is 2.96. The molecule has 0 radical (unpaired) electrons. The molecular formula is C15H22BrN5. The molecule has 0 aliphatic carbocycles. The van der Waals surface area contributed by atoms with Crippen molar-refractivity contribution in [3.05, 3.63) is 51.8 Å². The second-order valence-electron chi connectivity index (χ2n) is 5.42. The Morgan fingerprint density at radius 2 is 2.19 bits per heavy atom. The molecule has 1 aromatic heterocycles. The maximum atomic E-state index is 5.82. The second-order valence-corrected chi connectivity index (χ2v) is 6.27. The highest BCUT2D eigenvalue weighted by Crippen LogP contribution is 2.28. The summed E-state index contributed by atoms with van der Waals surface area (Å²) in [6, 6.07) is 8.25. The van der Waals surface area contributed by atoms with E-state index in [1.807, 2.05) is 16.9 Å². The average Bonchev–Trinajstić information content (AvgIpc) is 2.79. The molecule has 1 unspecified atom stereocenters. The third-order valence-electron chi connectivity index (χ3n) is 3.41. The van der Waals surface area contributed by atoms with Crippen molar-refractivity contribution in [1.82, 2.24) is 20.1 Å². The van der Waals surface area contributed by atoms with E-state index in [2.05, 4.69) is 70.6 Å². The largest absolute Gasteiger partial charge is 0.308 e. The number of halogens is 1. The van der Waals surface area contributed by atoms with Crippen molar-refractivity contribution in [1.29, 1.82) is 0 Å². The number of hydrazine groups is 1. The number of rotatable bonds is 6. The Kier molecular flexibility index (Phi) is 5.52. The van der Waals surface area contributed by atoms with Crippen molar-refractivity contribution in [2.75, 3.05) is 20.6 Å². The van der Waals surface area contributed by atoms with Crippen LogP contribution < -0.4 is 11.3 Å². The molecule has 1 heterocycles. The van der Waals surface area contributed by atoms with Crippen LogP contribution in [0.5, 0.6) is 0 Å². The molecule has 3 N–H and O–H groups in total. The summed E-state index contributed by atoms with van der Waals surface area (Å²) in [5.74, 6) is 5.82. The van der Waals surface area contributed by atoms with E-state index >= 15 is 0 Å². The topological polar surface area (TPSA) is 59.1 Å². The lowest BCUT2D eigenvalue weighted by Gasteiger charge is -2.20. The molecular weight excluding hydrogens is 330 g/mol. The average molecular weight is 352 g/mol. The number of nitrogens with one attached hydrogen (secondary N) is 1. The summed E-state index contributed by atoms with van der Waals surface area (Å²) in [7, 11) is 4.11. The zero-order valence-corrected chi connectivity index (χ0v) is 14.3. The van der Waals surface area contributed by atoms with Crippen molar-refractivity contribution in [2.24, 2.45) is 5.84 Å². The van der Waals surface area contributed by atoms with E-state index in [1.54, 1.807) is 0 Å². The molecule has 1 aromatic carbocycles. The van der Waals surface area contributed by atoms with Crippen molar-refractivity contribution in [2.45, 2.75) is 19.5 Å². The minimum absolute atomic E-state index is 0.0936. The van der Waals surface area contributed by atoms with Crippen LogP contribution in [-0.4, -0.2) is 35.3 Å². The van der Waals surface area contributed by atoms with E-state index in [4.69, 9.17) is 5.84 Å². The molecule has 2 rings (SSSR count). The molecule has 21 heavy (non-hydrogen) atoms. The number of benzene rings is 1. The lowest BCUT2D eigenvalue weighted by Crippen LogP contribution is -2.32. The van der Waals surface area contributed by atoms with E-state index in [9.17, 15) is 0 Å². The summed E-state index contributed by atoms with van der Waals surface area (Å²) in [4.78, 5) is 2.14. The maximum Gasteiger partial charge on any atom is 0.0889 e. The third-order valence-corrected chi connectivity index (χ3v) is 4.02. The molecule has 0 fully saturated rings. The Morgan fingerprint density at radius 1 is 1.43 bits per heavy atom. The molecule has 1 atom stereocenters. The van der Waals surface area contributed by atoms with Gasteiger partial charge in [0.25, 0.3) is 0 Å². The van der Waals surface area contributed by atoms with Crippen LogP contribution in [0.15, 0.2) is 34.9 Å². The Balaban J connectivity index is 2.35.